The SMILES string of the molecule is COc1cc([C@@H](N2CCNCC2)C(C)(C)C)ccc1F.Cl.Cl. The van der Waals surface area contributed by atoms with E-state index in [1.165, 1.54) is 13.2 Å². The molecule has 1 saturated heterocycles. The van der Waals surface area contributed by atoms with Gasteiger partial charge in [0.05, 0.1) is 7.11 Å². The van der Waals surface area contributed by atoms with Crippen LogP contribution in [-0.2, 0) is 0 Å². The summed E-state index contributed by atoms with van der Waals surface area (Å²) in [4.78, 5) is 2.48. The third-order valence-electron chi connectivity index (χ3n) is 3.83. The molecule has 0 radical (unpaired) electrons. The Hall–Kier alpha value is -0.550. The quantitative estimate of drug-likeness (QED) is 0.897. The number of halogens is 3. The topological polar surface area (TPSA) is 24.5 Å². The van der Waals surface area contributed by atoms with Crippen molar-refractivity contribution >= 4 is 24.8 Å². The fourth-order valence-corrected chi connectivity index (χ4v) is 3.05. The van der Waals surface area contributed by atoms with E-state index >= 15 is 0 Å². The van der Waals surface area contributed by atoms with E-state index in [0.29, 0.717) is 5.75 Å². The van der Waals surface area contributed by atoms with Gasteiger partial charge in [0, 0.05) is 32.2 Å². The van der Waals surface area contributed by atoms with E-state index < -0.39 is 0 Å². The van der Waals surface area contributed by atoms with Crippen LogP contribution in [0.4, 0.5) is 4.39 Å². The highest BCUT2D eigenvalue weighted by molar-refractivity contribution is 5.85. The largest absolute Gasteiger partial charge is 0.494 e. The van der Waals surface area contributed by atoms with Crippen molar-refractivity contribution in [2.45, 2.75) is 26.8 Å². The predicted octanol–water partition coefficient (Wildman–Crippen LogP) is 3.67. The molecule has 6 heteroatoms. The molecule has 3 nitrogen and oxygen atoms in total. The lowest BCUT2D eigenvalue weighted by Gasteiger charge is -2.42. The molecule has 2 rings (SSSR count). The monoisotopic (exact) mass is 352 g/mol. The lowest BCUT2D eigenvalue weighted by molar-refractivity contribution is 0.0860. The molecule has 128 valence electrons. The number of methoxy groups -OCH3 is 1. The highest BCUT2D eigenvalue weighted by Gasteiger charge is 2.32. The molecule has 1 atom stereocenters. The first-order valence-electron chi connectivity index (χ1n) is 7.21. The highest BCUT2D eigenvalue weighted by Crippen LogP contribution is 2.39. The van der Waals surface area contributed by atoms with Gasteiger partial charge in [-0.1, -0.05) is 26.8 Å². The van der Waals surface area contributed by atoms with Gasteiger partial charge >= 0.3 is 0 Å². The van der Waals surface area contributed by atoms with Gasteiger partial charge in [-0.2, -0.15) is 0 Å². The minimum Gasteiger partial charge on any atom is -0.494 e. The van der Waals surface area contributed by atoms with Gasteiger partial charge in [-0.05, 0) is 23.1 Å². The second kappa shape index (κ2) is 8.92. The fourth-order valence-electron chi connectivity index (χ4n) is 3.05. The van der Waals surface area contributed by atoms with E-state index in [2.05, 4.69) is 31.0 Å². The molecular formula is C16H27Cl2FN2O. The maximum Gasteiger partial charge on any atom is 0.165 e. The molecule has 0 unspecified atom stereocenters. The van der Waals surface area contributed by atoms with Crippen molar-refractivity contribution in [2.24, 2.45) is 5.41 Å². The Labute approximate surface area is 145 Å². The summed E-state index contributed by atoms with van der Waals surface area (Å²) in [6, 6.07) is 5.50. The molecule has 0 aliphatic carbocycles. The van der Waals surface area contributed by atoms with Crippen molar-refractivity contribution < 1.29 is 9.13 Å². The highest BCUT2D eigenvalue weighted by atomic mass is 35.5. The van der Waals surface area contributed by atoms with Gasteiger partial charge in [-0.25, -0.2) is 4.39 Å². The zero-order chi connectivity index (χ0) is 14.8. The minimum absolute atomic E-state index is 0. The molecule has 0 aromatic heterocycles. The first kappa shape index (κ1) is 21.4. The molecule has 1 aliphatic rings. The Morgan fingerprint density at radius 3 is 2.27 bits per heavy atom. The maximum atomic E-state index is 13.6. The Bertz CT molecular complexity index is 460. The van der Waals surface area contributed by atoms with Crippen molar-refractivity contribution in [3.05, 3.63) is 29.6 Å². The third kappa shape index (κ3) is 4.98. The van der Waals surface area contributed by atoms with Crippen LogP contribution in [0.1, 0.15) is 32.4 Å². The Balaban J connectivity index is 0.00000220. The van der Waals surface area contributed by atoms with Gasteiger partial charge in [-0.15, -0.1) is 24.8 Å². The van der Waals surface area contributed by atoms with E-state index in [1.807, 2.05) is 12.1 Å². The number of benzene rings is 1. The predicted molar refractivity (Wildman–Crippen MR) is 94.1 cm³/mol. The summed E-state index contributed by atoms with van der Waals surface area (Å²) in [5.41, 5.74) is 1.21. The number of nitrogens with one attached hydrogen (secondary N) is 1. The molecule has 1 fully saturated rings. The van der Waals surface area contributed by atoms with E-state index in [0.717, 1.165) is 31.7 Å². The van der Waals surface area contributed by atoms with Crippen LogP contribution in [0.25, 0.3) is 0 Å². The van der Waals surface area contributed by atoms with E-state index in [4.69, 9.17) is 4.74 Å². The smallest absolute Gasteiger partial charge is 0.165 e. The summed E-state index contributed by atoms with van der Waals surface area (Å²) in [6.07, 6.45) is 0. The molecule has 0 spiro atoms. The molecule has 0 amide bonds. The zero-order valence-electron chi connectivity index (χ0n) is 13.7. The molecule has 22 heavy (non-hydrogen) atoms. The van der Waals surface area contributed by atoms with Crippen LogP contribution < -0.4 is 10.1 Å². The van der Waals surface area contributed by atoms with E-state index in [1.54, 1.807) is 0 Å². The normalized spacial score (nSPS) is 17.1. The molecule has 1 aromatic rings. The number of nitrogens with zero attached hydrogens (tertiary/aromatic N) is 1. The summed E-state index contributed by atoms with van der Waals surface area (Å²) < 4.78 is 18.8. The molecule has 0 saturated carbocycles. The standard InChI is InChI=1S/C16H25FN2O.2ClH/c1-16(2,3)15(19-9-7-18-8-10-19)12-5-6-13(17)14(11-12)20-4;;/h5-6,11,15,18H,7-10H2,1-4H3;2*1H/t15-;;/m1../s1. The molecule has 1 N–H and O–H groups in total. The molecular weight excluding hydrogens is 326 g/mol. The number of piperazine rings is 1. The van der Waals surface area contributed by atoms with Gasteiger partial charge in [0.1, 0.15) is 0 Å². The summed E-state index contributed by atoms with van der Waals surface area (Å²) in [7, 11) is 1.51. The van der Waals surface area contributed by atoms with Gasteiger partial charge in [-0.3, -0.25) is 4.90 Å². The average Bonchev–Trinajstić information content (AvgIpc) is 2.40. The minimum atomic E-state index is -0.302. The first-order valence-corrected chi connectivity index (χ1v) is 7.21. The van der Waals surface area contributed by atoms with Crippen molar-refractivity contribution in [1.82, 2.24) is 10.2 Å². The average molecular weight is 353 g/mol. The summed E-state index contributed by atoms with van der Waals surface area (Å²) in [6.45, 7) is 10.7. The second-order valence-electron chi connectivity index (χ2n) is 6.45. The Kier molecular flexibility index (Phi) is 8.70. The summed E-state index contributed by atoms with van der Waals surface area (Å²) >= 11 is 0. The van der Waals surface area contributed by atoms with Crippen molar-refractivity contribution in [2.75, 3.05) is 33.3 Å². The van der Waals surface area contributed by atoms with Crippen molar-refractivity contribution in [3.63, 3.8) is 0 Å². The van der Waals surface area contributed by atoms with Crippen LogP contribution in [-0.4, -0.2) is 38.2 Å². The van der Waals surface area contributed by atoms with Gasteiger partial charge in [0.2, 0.25) is 0 Å². The van der Waals surface area contributed by atoms with Crippen LogP contribution >= 0.6 is 24.8 Å². The van der Waals surface area contributed by atoms with Crippen molar-refractivity contribution in [3.8, 4) is 5.75 Å². The first-order chi connectivity index (χ1) is 9.43. The van der Waals surface area contributed by atoms with Gasteiger partial charge in [0.25, 0.3) is 0 Å². The summed E-state index contributed by atoms with van der Waals surface area (Å²) in [5.74, 6) is 0.0242. The zero-order valence-corrected chi connectivity index (χ0v) is 15.3. The van der Waals surface area contributed by atoms with E-state index in [9.17, 15) is 4.39 Å². The molecule has 1 heterocycles. The second-order valence-corrected chi connectivity index (χ2v) is 6.45. The molecule has 0 bridgehead atoms. The van der Waals surface area contributed by atoms with Crippen LogP contribution in [0.5, 0.6) is 5.75 Å². The van der Waals surface area contributed by atoms with Crippen LogP contribution in [0, 0.1) is 11.2 Å². The number of rotatable bonds is 3. The van der Waals surface area contributed by atoms with Crippen LogP contribution in [0.15, 0.2) is 18.2 Å². The lowest BCUT2D eigenvalue weighted by Crippen LogP contribution is -2.48. The Morgan fingerprint density at radius 1 is 1.18 bits per heavy atom. The van der Waals surface area contributed by atoms with Gasteiger partial charge in [0.15, 0.2) is 11.6 Å². The molecule has 1 aromatic carbocycles. The fraction of sp³-hybridized carbons (Fsp3) is 0.625. The summed E-state index contributed by atoms with van der Waals surface area (Å²) in [5, 5.41) is 3.38. The van der Waals surface area contributed by atoms with Crippen LogP contribution in [0.2, 0.25) is 0 Å². The van der Waals surface area contributed by atoms with Crippen molar-refractivity contribution in [1.29, 1.82) is 0 Å². The number of hydrogen-bond donors (Lipinski definition) is 1. The van der Waals surface area contributed by atoms with E-state index in [-0.39, 0.29) is 42.1 Å². The number of ether oxygens (including phenoxy) is 1. The maximum absolute atomic E-state index is 13.6. The lowest BCUT2D eigenvalue weighted by atomic mass is 9.81. The third-order valence-corrected chi connectivity index (χ3v) is 3.83. The molecule has 1 aliphatic heterocycles. The number of hydrogen-bond acceptors (Lipinski definition) is 3. The Morgan fingerprint density at radius 2 is 1.77 bits per heavy atom. The van der Waals surface area contributed by atoms with Gasteiger partial charge < -0.3 is 10.1 Å². The van der Waals surface area contributed by atoms with Crippen LogP contribution in [0.3, 0.4) is 0 Å².